The van der Waals surface area contributed by atoms with Gasteiger partial charge in [-0.15, -0.1) is 0 Å². The Labute approximate surface area is 133 Å². The molecule has 1 aliphatic rings. The second-order valence-corrected chi connectivity index (χ2v) is 6.29. The van der Waals surface area contributed by atoms with Gasteiger partial charge in [0.25, 0.3) is 0 Å². The number of benzene rings is 2. The summed E-state index contributed by atoms with van der Waals surface area (Å²) in [6, 6.07) is 15.9. The summed E-state index contributed by atoms with van der Waals surface area (Å²) in [5, 5.41) is 3.45. The molecule has 21 heavy (non-hydrogen) atoms. The van der Waals surface area contributed by atoms with Crippen molar-refractivity contribution in [2.24, 2.45) is 0 Å². The summed E-state index contributed by atoms with van der Waals surface area (Å²) in [6.45, 7) is 3.63. The van der Waals surface area contributed by atoms with Crippen LogP contribution in [0, 0.1) is 5.82 Å². The summed E-state index contributed by atoms with van der Waals surface area (Å²) < 4.78 is 14.3. The molecule has 0 saturated carbocycles. The van der Waals surface area contributed by atoms with Gasteiger partial charge in [0.1, 0.15) is 5.82 Å². The molecular weight excluding hydrogens is 331 g/mol. The first kappa shape index (κ1) is 14.7. The zero-order chi connectivity index (χ0) is 14.7. The van der Waals surface area contributed by atoms with Crippen molar-refractivity contribution < 1.29 is 4.39 Å². The molecule has 0 spiro atoms. The molecule has 1 unspecified atom stereocenters. The molecule has 4 heteroatoms. The highest BCUT2D eigenvalue weighted by atomic mass is 79.9. The van der Waals surface area contributed by atoms with Crippen LogP contribution in [-0.2, 0) is 6.54 Å². The van der Waals surface area contributed by atoms with E-state index in [2.05, 4.69) is 50.4 Å². The average Bonchev–Trinajstić information content (AvgIpc) is 2.48. The SMILES string of the molecule is Fc1cc(Br)cc(CN2CCNCC2c2ccccc2)c1. The Hall–Kier alpha value is -1.23. The van der Waals surface area contributed by atoms with Gasteiger partial charge in [-0.2, -0.15) is 0 Å². The van der Waals surface area contributed by atoms with Crippen LogP contribution in [0.2, 0.25) is 0 Å². The minimum Gasteiger partial charge on any atom is -0.314 e. The van der Waals surface area contributed by atoms with E-state index in [1.165, 1.54) is 11.6 Å². The topological polar surface area (TPSA) is 15.3 Å². The Kier molecular flexibility index (Phi) is 4.68. The smallest absolute Gasteiger partial charge is 0.124 e. The molecule has 1 N–H and O–H groups in total. The number of halogens is 2. The predicted octanol–water partition coefficient (Wildman–Crippen LogP) is 3.73. The third-order valence-electron chi connectivity index (χ3n) is 3.85. The lowest BCUT2D eigenvalue weighted by atomic mass is 10.0. The van der Waals surface area contributed by atoms with Gasteiger partial charge in [-0.1, -0.05) is 46.3 Å². The highest BCUT2D eigenvalue weighted by Gasteiger charge is 2.23. The summed E-state index contributed by atoms with van der Waals surface area (Å²) >= 11 is 3.37. The van der Waals surface area contributed by atoms with Gasteiger partial charge >= 0.3 is 0 Å². The van der Waals surface area contributed by atoms with E-state index in [-0.39, 0.29) is 5.82 Å². The zero-order valence-corrected chi connectivity index (χ0v) is 13.3. The second kappa shape index (κ2) is 6.69. The van der Waals surface area contributed by atoms with Gasteiger partial charge < -0.3 is 5.32 Å². The van der Waals surface area contributed by atoms with Gasteiger partial charge in [-0.3, -0.25) is 4.90 Å². The highest BCUT2D eigenvalue weighted by molar-refractivity contribution is 9.10. The Morgan fingerprint density at radius 3 is 2.76 bits per heavy atom. The van der Waals surface area contributed by atoms with Crippen LogP contribution in [0.4, 0.5) is 4.39 Å². The van der Waals surface area contributed by atoms with E-state index in [0.717, 1.165) is 36.2 Å². The number of nitrogens with zero attached hydrogens (tertiary/aromatic N) is 1. The minimum atomic E-state index is -0.189. The van der Waals surface area contributed by atoms with Crippen LogP contribution < -0.4 is 5.32 Å². The van der Waals surface area contributed by atoms with E-state index in [4.69, 9.17) is 0 Å². The van der Waals surface area contributed by atoms with Crippen molar-refractivity contribution in [2.75, 3.05) is 19.6 Å². The lowest BCUT2D eigenvalue weighted by Gasteiger charge is -2.36. The van der Waals surface area contributed by atoms with Gasteiger partial charge in [0.15, 0.2) is 0 Å². The highest BCUT2D eigenvalue weighted by Crippen LogP contribution is 2.25. The molecule has 0 bridgehead atoms. The van der Waals surface area contributed by atoms with Gasteiger partial charge in [0.05, 0.1) is 0 Å². The fourth-order valence-corrected chi connectivity index (χ4v) is 3.39. The number of nitrogens with one attached hydrogen (secondary N) is 1. The molecule has 0 aliphatic carbocycles. The maximum Gasteiger partial charge on any atom is 0.124 e. The molecule has 110 valence electrons. The summed E-state index contributed by atoms with van der Waals surface area (Å²) in [4.78, 5) is 2.41. The van der Waals surface area contributed by atoms with E-state index >= 15 is 0 Å². The van der Waals surface area contributed by atoms with E-state index in [9.17, 15) is 4.39 Å². The molecule has 0 amide bonds. The average molecular weight is 349 g/mol. The van der Waals surface area contributed by atoms with Crippen LogP contribution in [0.1, 0.15) is 17.2 Å². The van der Waals surface area contributed by atoms with Gasteiger partial charge in [-0.25, -0.2) is 4.39 Å². The molecule has 1 aliphatic heterocycles. The van der Waals surface area contributed by atoms with Crippen molar-refractivity contribution in [3.8, 4) is 0 Å². The first-order valence-corrected chi connectivity index (χ1v) is 7.96. The van der Waals surface area contributed by atoms with Gasteiger partial charge in [-0.05, 0) is 29.3 Å². The standard InChI is InChI=1S/C17H18BrFN2/c18-15-8-13(9-16(19)10-15)12-21-7-6-20-11-17(21)14-4-2-1-3-5-14/h1-5,8-10,17,20H,6-7,11-12H2. The Morgan fingerprint density at radius 2 is 2.00 bits per heavy atom. The quantitative estimate of drug-likeness (QED) is 0.908. The maximum absolute atomic E-state index is 13.5. The molecule has 2 aromatic rings. The Morgan fingerprint density at radius 1 is 1.19 bits per heavy atom. The normalized spacial score (nSPS) is 19.6. The Bertz CT molecular complexity index is 583. The first-order chi connectivity index (χ1) is 10.2. The summed E-state index contributed by atoms with van der Waals surface area (Å²) in [5.41, 5.74) is 2.31. The van der Waals surface area contributed by atoms with Crippen LogP contribution in [0.3, 0.4) is 0 Å². The van der Waals surface area contributed by atoms with Crippen LogP contribution in [-0.4, -0.2) is 24.5 Å². The monoisotopic (exact) mass is 348 g/mol. The van der Waals surface area contributed by atoms with E-state index < -0.39 is 0 Å². The van der Waals surface area contributed by atoms with Crippen LogP contribution in [0.15, 0.2) is 53.0 Å². The predicted molar refractivity (Wildman–Crippen MR) is 86.6 cm³/mol. The van der Waals surface area contributed by atoms with Crippen molar-refractivity contribution in [1.82, 2.24) is 10.2 Å². The number of piperazine rings is 1. The van der Waals surface area contributed by atoms with Gasteiger partial charge in [0.2, 0.25) is 0 Å². The Balaban J connectivity index is 1.81. The molecule has 1 saturated heterocycles. The molecule has 3 rings (SSSR count). The number of hydrogen-bond donors (Lipinski definition) is 1. The molecule has 2 aromatic carbocycles. The zero-order valence-electron chi connectivity index (χ0n) is 11.7. The third-order valence-corrected chi connectivity index (χ3v) is 4.30. The van der Waals surface area contributed by atoms with Crippen molar-refractivity contribution >= 4 is 15.9 Å². The molecule has 1 atom stereocenters. The minimum absolute atomic E-state index is 0.189. The van der Waals surface area contributed by atoms with Crippen molar-refractivity contribution in [3.05, 3.63) is 69.9 Å². The van der Waals surface area contributed by atoms with E-state index in [0.29, 0.717) is 6.04 Å². The molecule has 0 aromatic heterocycles. The van der Waals surface area contributed by atoms with Gasteiger partial charge in [0, 0.05) is 36.7 Å². The fraction of sp³-hybridized carbons (Fsp3) is 0.294. The molecule has 1 fully saturated rings. The summed E-state index contributed by atoms with van der Waals surface area (Å²) in [5.74, 6) is -0.189. The fourth-order valence-electron chi connectivity index (χ4n) is 2.88. The van der Waals surface area contributed by atoms with Crippen molar-refractivity contribution in [3.63, 3.8) is 0 Å². The maximum atomic E-state index is 13.5. The molecular formula is C17H18BrFN2. The molecule has 1 heterocycles. The lowest BCUT2D eigenvalue weighted by Crippen LogP contribution is -2.45. The number of rotatable bonds is 3. The third kappa shape index (κ3) is 3.70. The van der Waals surface area contributed by atoms with E-state index in [1.54, 1.807) is 6.07 Å². The van der Waals surface area contributed by atoms with E-state index in [1.807, 2.05) is 12.1 Å². The molecule has 2 nitrogen and oxygen atoms in total. The first-order valence-electron chi connectivity index (χ1n) is 7.17. The van der Waals surface area contributed by atoms with Crippen molar-refractivity contribution in [1.29, 1.82) is 0 Å². The van der Waals surface area contributed by atoms with Crippen LogP contribution >= 0.6 is 15.9 Å². The van der Waals surface area contributed by atoms with Crippen LogP contribution in [0.5, 0.6) is 0 Å². The molecule has 0 radical (unpaired) electrons. The number of hydrogen-bond acceptors (Lipinski definition) is 2. The lowest BCUT2D eigenvalue weighted by molar-refractivity contribution is 0.153. The largest absolute Gasteiger partial charge is 0.314 e. The van der Waals surface area contributed by atoms with Crippen molar-refractivity contribution in [2.45, 2.75) is 12.6 Å². The summed E-state index contributed by atoms with van der Waals surface area (Å²) in [6.07, 6.45) is 0. The second-order valence-electron chi connectivity index (χ2n) is 5.38. The van der Waals surface area contributed by atoms with Crippen LogP contribution in [0.25, 0.3) is 0 Å². The summed E-state index contributed by atoms with van der Waals surface area (Å²) in [7, 11) is 0.